The Morgan fingerprint density at radius 1 is 1.15 bits per heavy atom. The van der Waals surface area contributed by atoms with Gasteiger partial charge in [0.05, 0.1) is 6.54 Å². The Kier molecular flexibility index (Phi) is 5.97. The lowest BCUT2D eigenvalue weighted by Gasteiger charge is -2.32. The minimum Gasteiger partial charge on any atom is -0.480 e. The number of anilines is 1. The summed E-state index contributed by atoms with van der Waals surface area (Å²) in [5.41, 5.74) is 3.17. The molecule has 1 aromatic rings. The molecule has 2 N–H and O–H groups in total. The van der Waals surface area contributed by atoms with Crippen molar-refractivity contribution in [2.45, 2.75) is 70.9 Å². The minimum atomic E-state index is -0.796. The van der Waals surface area contributed by atoms with Gasteiger partial charge in [0.2, 0.25) is 5.91 Å². The molecule has 26 heavy (non-hydrogen) atoms. The van der Waals surface area contributed by atoms with Crippen LogP contribution in [0, 0.1) is 5.92 Å². The van der Waals surface area contributed by atoms with Crippen molar-refractivity contribution in [3.8, 4) is 0 Å². The SMILES string of the molecule is CCc1cccc(CC)c1NC(=O)CN1C(C(=O)O)CC2CCCCC21. The first-order valence-electron chi connectivity index (χ1n) is 9.94. The molecule has 1 aliphatic carbocycles. The molecule has 0 aromatic heterocycles. The highest BCUT2D eigenvalue weighted by atomic mass is 16.4. The maximum Gasteiger partial charge on any atom is 0.320 e. The Hall–Kier alpha value is -1.88. The third-order valence-electron chi connectivity index (χ3n) is 6.10. The number of carboxylic acids is 1. The summed E-state index contributed by atoms with van der Waals surface area (Å²) in [6.07, 6.45) is 6.80. The summed E-state index contributed by atoms with van der Waals surface area (Å²) in [5, 5.41) is 12.7. The normalized spacial score (nSPS) is 25.7. The number of carbonyl (C=O) groups is 2. The Labute approximate surface area is 155 Å². The lowest BCUT2D eigenvalue weighted by atomic mass is 9.85. The second-order valence-electron chi connectivity index (χ2n) is 7.58. The summed E-state index contributed by atoms with van der Waals surface area (Å²) < 4.78 is 0. The van der Waals surface area contributed by atoms with Crippen LogP contribution in [0.1, 0.15) is 57.1 Å². The van der Waals surface area contributed by atoms with Gasteiger partial charge in [0.1, 0.15) is 6.04 Å². The number of fused-ring (bicyclic) bond motifs is 1. The molecule has 0 bridgehead atoms. The van der Waals surface area contributed by atoms with Crippen molar-refractivity contribution in [2.75, 3.05) is 11.9 Å². The number of aryl methyl sites for hydroxylation is 2. The highest BCUT2D eigenvalue weighted by molar-refractivity contribution is 5.94. The summed E-state index contributed by atoms with van der Waals surface area (Å²) in [6.45, 7) is 4.33. The third kappa shape index (κ3) is 3.78. The number of carboxylic acid groups (broad SMARTS) is 1. The smallest absolute Gasteiger partial charge is 0.320 e. The molecule has 2 fully saturated rings. The third-order valence-corrected chi connectivity index (χ3v) is 6.10. The fraction of sp³-hybridized carbons (Fsp3) is 0.619. The van der Waals surface area contributed by atoms with E-state index in [0.717, 1.165) is 48.9 Å². The Balaban J connectivity index is 1.75. The zero-order chi connectivity index (χ0) is 18.7. The van der Waals surface area contributed by atoms with Crippen LogP contribution < -0.4 is 5.32 Å². The zero-order valence-electron chi connectivity index (χ0n) is 15.8. The molecule has 0 spiro atoms. The molecule has 3 atom stereocenters. The standard InChI is InChI=1S/C21H30N2O3/c1-3-14-9-7-10-15(4-2)20(14)22-19(24)13-23-17-11-6-5-8-16(17)12-18(23)21(25)26/h7,9-10,16-18H,3-6,8,11-13H2,1-2H3,(H,22,24)(H,25,26). The molecule has 2 aliphatic rings. The van der Waals surface area contributed by atoms with Crippen LogP contribution in [-0.2, 0) is 22.4 Å². The Bertz CT molecular complexity index is 651. The van der Waals surface area contributed by atoms with Crippen molar-refractivity contribution in [1.82, 2.24) is 4.90 Å². The lowest BCUT2D eigenvalue weighted by molar-refractivity contribution is -0.143. The minimum absolute atomic E-state index is 0.0990. The molecule has 5 nitrogen and oxygen atoms in total. The number of nitrogens with zero attached hydrogens (tertiary/aromatic N) is 1. The molecule has 1 aromatic carbocycles. The fourth-order valence-electron chi connectivity index (χ4n) is 4.77. The van der Waals surface area contributed by atoms with E-state index in [2.05, 4.69) is 19.2 Å². The number of carbonyl (C=O) groups excluding carboxylic acids is 1. The number of nitrogens with one attached hydrogen (secondary N) is 1. The highest BCUT2D eigenvalue weighted by Crippen LogP contribution is 2.39. The van der Waals surface area contributed by atoms with Gasteiger partial charge < -0.3 is 10.4 Å². The van der Waals surface area contributed by atoms with Crippen LogP contribution in [0.5, 0.6) is 0 Å². The molecule has 3 unspecified atom stereocenters. The largest absolute Gasteiger partial charge is 0.480 e. The average molecular weight is 358 g/mol. The maximum absolute atomic E-state index is 12.8. The van der Waals surface area contributed by atoms with Gasteiger partial charge >= 0.3 is 5.97 Å². The van der Waals surface area contributed by atoms with Crippen molar-refractivity contribution in [3.63, 3.8) is 0 Å². The van der Waals surface area contributed by atoms with Gasteiger partial charge in [-0.1, -0.05) is 44.9 Å². The van der Waals surface area contributed by atoms with Crippen LogP contribution in [0.15, 0.2) is 18.2 Å². The quantitative estimate of drug-likeness (QED) is 0.817. The Morgan fingerprint density at radius 3 is 2.42 bits per heavy atom. The van der Waals surface area contributed by atoms with Crippen molar-refractivity contribution in [2.24, 2.45) is 5.92 Å². The lowest BCUT2D eigenvalue weighted by Crippen LogP contribution is -2.46. The molecule has 1 aliphatic heterocycles. The van der Waals surface area contributed by atoms with E-state index < -0.39 is 12.0 Å². The summed E-state index contributed by atoms with van der Waals surface area (Å²) in [5.74, 6) is -0.472. The van der Waals surface area contributed by atoms with Gasteiger partial charge in [-0.15, -0.1) is 0 Å². The number of hydrogen-bond donors (Lipinski definition) is 2. The van der Waals surface area contributed by atoms with E-state index >= 15 is 0 Å². The van der Waals surface area contributed by atoms with E-state index in [4.69, 9.17) is 0 Å². The van der Waals surface area contributed by atoms with Crippen LogP contribution in [-0.4, -0.2) is 40.5 Å². The molecular weight excluding hydrogens is 328 g/mol. The van der Waals surface area contributed by atoms with Gasteiger partial charge in [-0.2, -0.15) is 0 Å². The van der Waals surface area contributed by atoms with Crippen LogP contribution in [0.3, 0.4) is 0 Å². The molecule has 1 saturated carbocycles. The molecule has 1 amide bonds. The predicted molar refractivity (Wildman–Crippen MR) is 102 cm³/mol. The second kappa shape index (κ2) is 8.21. The van der Waals surface area contributed by atoms with Crippen molar-refractivity contribution in [1.29, 1.82) is 0 Å². The van der Waals surface area contributed by atoms with Gasteiger partial charge in [-0.25, -0.2) is 0 Å². The molecule has 1 heterocycles. The van der Waals surface area contributed by atoms with E-state index in [1.165, 1.54) is 6.42 Å². The number of benzene rings is 1. The van der Waals surface area contributed by atoms with E-state index in [1.54, 1.807) is 0 Å². The van der Waals surface area contributed by atoms with Crippen molar-refractivity contribution >= 4 is 17.6 Å². The van der Waals surface area contributed by atoms with Gasteiger partial charge in [0.15, 0.2) is 0 Å². The summed E-state index contributed by atoms with van der Waals surface area (Å²) in [4.78, 5) is 26.5. The predicted octanol–water partition coefficient (Wildman–Crippen LogP) is 3.47. The molecule has 1 saturated heterocycles. The molecular formula is C21H30N2O3. The van der Waals surface area contributed by atoms with Crippen LogP contribution >= 0.6 is 0 Å². The number of hydrogen-bond acceptors (Lipinski definition) is 3. The molecule has 142 valence electrons. The first-order valence-corrected chi connectivity index (χ1v) is 9.94. The highest BCUT2D eigenvalue weighted by Gasteiger charge is 2.45. The second-order valence-corrected chi connectivity index (χ2v) is 7.58. The summed E-state index contributed by atoms with van der Waals surface area (Å²) in [7, 11) is 0. The van der Waals surface area contributed by atoms with Crippen LogP contribution in [0.25, 0.3) is 0 Å². The number of rotatable bonds is 6. The van der Waals surface area contributed by atoms with Crippen molar-refractivity contribution in [3.05, 3.63) is 29.3 Å². The number of para-hydroxylation sites is 1. The first-order chi connectivity index (χ1) is 12.5. The van der Waals surface area contributed by atoms with E-state index in [0.29, 0.717) is 12.3 Å². The number of amides is 1. The van der Waals surface area contributed by atoms with Gasteiger partial charge in [-0.3, -0.25) is 14.5 Å². The number of likely N-dealkylation sites (tertiary alicyclic amines) is 1. The van der Waals surface area contributed by atoms with E-state index in [9.17, 15) is 14.7 Å². The first kappa shape index (κ1) is 18.9. The van der Waals surface area contributed by atoms with Crippen LogP contribution in [0.2, 0.25) is 0 Å². The molecule has 0 radical (unpaired) electrons. The molecule has 5 heteroatoms. The van der Waals surface area contributed by atoms with Crippen molar-refractivity contribution < 1.29 is 14.7 Å². The van der Waals surface area contributed by atoms with E-state index in [1.807, 2.05) is 23.1 Å². The zero-order valence-corrected chi connectivity index (χ0v) is 15.8. The summed E-state index contributed by atoms with van der Waals surface area (Å²) in [6, 6.07) is 5.83. The maximum atomic E-state index is 12.8. The Morgan fingerprint density at radius 2 is 1.81 bits per heavy atom. The monoisotopic (exact) mass is 358 g/mol. The average Bonchev–Trinajstić information content (AvgIpc) is 3.00. The van der Waals surface area contributed by atoms with E-state index in [-0.39, 0.29) is 18.5 Å². The number of aliphatic carboxylic acids is 1. The van der Waals surface area contributed by atoms with Gasteiger partial charge in [0, 0.05) is 11.7 Å². The summed E-state index contributed by atoms with van der Waals surface area (Å²) >= 11 is 0. The van der Waals surface area contributed by atoms with Gasteiger partial charge in [0.25, 0.3) is 0 Å². The topological polar surface area (TPSA) is 69.6 Å². The fourth-order valence-corrected chi connectivity index (χ4v) is 4.77. The van der Waals surface area contributed by atoms with Gasteiger partial charge in [-0.05, 0) is 49.1 Å². The molecule has 3 rings (SSSR count). The van der Waals surface area contributed by atoms with Crippen LogP contribution in [0.4, 0.5) is 5.69 Å².